The molecule has 0 saturated carbocycles. The molecule has 4 fully saturated rings. The molecule has 5 aliphatic rings. The number of ether oxygens (including phenoxy) is 6. The summed E-state index contributed by atoms with van der Waals surface area (Å²) in [6.07, 6.45) is -4.06. The molecule has 16 nitrogen and oxygen atoms in total. The molecule has 17 heteroatoms. The highest BCUT2D eigenvalue weighted by molar-refractivity contribution is 7.89. The number of aliphatic hydroxyl groups is 1. The number of nitrogens with zero attached hydrogens (tertiary/aromatic N) is 4. The van der Waals surface area contributed by atoms with E-state index in [1.807, 2.05) is 60.5 Å². The van der Waals surface area contributed by atoms with Gasteiger partial charge in [-0.05, 0) is 79.1 Å². The number of aliphatic imine (C=N–C) groups is 1. The summed E-state index contributed by atoms with van der Waals surface area (Å²) >= 11 is 0. The number of esters is 1. The first-order valence-corrected chi connectivity index (χ1v) is 22.1. The van der Waals surface area contributed by atoms with E-state index in [0.29, 0.717) is 32.4 Å². The van der Waals surface area contributed by atoms with Gasteiger partial charge in [-0.1, -0.05) is 45.9 Å². The van der Waals surface area contributed by atoms with Crippen LogP contribution in [0.2, 0.25) is 0 Å². The van der Waals surface area contributed by atoms with Crippen molar-refractivity contribution < 1.29 is 51.5 Å². The summed E-state index contributed by atoms with van der Waals surface area (Å²) in [5.74, 6) is -2.63. The van der Waals surface area contributed by atoms with Gasteiger partial charge in [0.05, 0.1) is 66.2 Å². The van der Waals surface area contributed by atoms with Crippen LogP contribution in [0.25, 0.3) is 0 Å². The van der Waals surface area contributed by atoms with Gasteiger partial charge < -0.3 is 38.4 Å². The average molecular weight is 834 g/mol. The van der Waals surface area contributed by atoms with Crippen molar-refractivity contribution in [1.82, 2.24) is 14.6 Å². The molecule has 4 bridgehead atoms. The summed E-state index contributed by atoms with van der Waals surface area (Å²) in [7, 11) is -0.237. The van der Waals surface area contributed by atoms with Gasteiger partial charge in [0, 0.05) is 30.1 Å². The molecular formula is C41H63N5O11S. The largest absolute Gasteiger partial charge is 0.458 e. The van der Waals surface area contributed by atoms with E-state index in [4.69, 9.17) is 33.4 Å². The Morgan fingerprint density at radius 3 is 2.45 bits per heavy atom. The lowest BCUT2D eigenvalue weighted by Crippen LogP contribution is -2.60. The molecule has 0 aliphatic carbocycles. The highest BCUT2D eigenvalue weighted by Gasteiger charge is 2.60. The van der Waals surface area contributed by atoms with Crippen LogP contribution in [-0.4, -0.2) is 147 Å². The summed E-state index contributed by atoms with van der Waals surface area (Å²) in [5, 5.41) is 16.1. The van der Waals surface area contributed by atoms with Crippen molar-refractivity contribution >= 4 is 33.5 Å². The molecular weight excluding hydrogens is 771 g/mol. The molecule has 58 heavy (non-hydrogen) atoms. The van der Waals surface area contributed by atoms with E-state index in [2.05, 4.69) is 16.9 Å². The topological polar surface area (TPSA) is 187 Å². The fraction of sp³-hybridized carbons (Fsp3) is 0.756. The van der Waals surface area contributed by atoms with Crippen molar-refractivity contribution in [2.45, 2.75) is 140 Å². The molecule has 0 aromatic heterocycles. The molecule has 1 amide bonds. The van der Waals surface area contributed by atoms with E-state index in [1.165, 1.54) is 12.1 Å². The SMILES string of the molecule is CC[C@H]1OC(=O)[C@H](C)[C@H]2OC/C(=N\NS(=O)(=O)c3ccccc3)CO[C@](C)(C[C@@H](C)C3=NCCN4C(=O)O[C@@]1(C)[C@H]4[C@H]3C)[C@H](O[C@H]1O[C@@H](C)C[C@@H](N(C)C)[C@@H]1O)[C@H]2C. The van der Waals surface area contributed by atoms with Crippen LogP contribution in [0.1, 0.15) is 74.7 Å². The van der Waals surface area contributed by atoms with Crippen LogP contribution in [0.5, 0.6) is 0 Å². The predicted octanol–water partition coefficient (Wildman–Crippen LogP) is 3.61. The number of carbonyl (C=O) groups is 2. The van der Waals surface area contributed by atoms with E-state index in [-0.39, 0.29) is 47.8 Å². The summed E-state index contributed by atoms with van der Waals surface area (Å²) in [6.45, 7) is 15.7. The Hall–Kier alpha value is -3.19. The van der Waals surface area contributed by atoms with Gasteiger partial charge in [-0.15, -0.1) is 0 Å². The number of fused-ring (bicyclic) bond motifs is 4. The van der Waals surface area contributed by atoms with E-state index in [9.17, 15) is 23.1 Å². The van der Waals surface area contributed by atoms with E-state index in [1.54, 1.807) is 30.0 Å². The molecule has 1 aromatic carbocycles. The van der Waals surface area contributed by atoms with Gasteiger partial charge in [-0.3, -0.25) is 14.7 Å². The van der Waals surface area contributed by atoms with Crippen LogP contribution in [0.4, 0.5) is 4.79 Å². The third kappa shape index (κ3) is 8.68. The number of hydrogen-bond donors (Lipinski definition) is 2. The standard InChI is InChI=1S/C41H63N5O11S/c1-11-31-41(8)35-25(4)32(42-17-18-46(35)39(49)57-41)23(2)20-40(7)36(56-38-33(47)30(45(9)10)19-24(3)54-38)26(5)34(27(6)37(48)55-31)52-21-28(22-53-40)43-44-58(50,51)29-15-13-12-14-16-29/h12-16,23-27,30-31,33-36,38,44,47H,11,17-22H2,1-10H3/b43-28+/t23-,24+,25+,26+,27-,30-,31-,33+,34+,35-,36-,38-,40-,41-/m1/s1. The first kappa shape index (κ1) is 44.4. The van der Waals surface area contributed by atoms with E-state index in [0.717, 1.165) is 5.71 Å². The minimum absolute atomic E-state index is 0.0348. The third-order valence-corrected chi connectivity index (χ3v) is 14.2. The second kappa shape index (κ2) is 17.4. The van der Waals surface area contributed by atoms with Crippen molar-refractivity contribution in [2.24, 2.45) is 33.8 Å². The number of cyclic esters (lactones) is 1. The lowest BCUT2D eigenvalue weighted by atomic mass is 9.72. The number of aliphatic hydroxyl groups excluding tert-OH is 1. The van der Waals surface area contributed by atoms with Gasteiger partial charge >= 0.3 is 12.1 Å². The van der Waals surface area contributed by atoms with Gasteiger partial charge in [-0.2, -0.15) is 18.4 Å². The van der Waals surface area contributed by atoms with Gasteiger partial charge in [-0.25, -0.2) is 4.79 Å². The number of hydrazone groups is 1. The summed E-state index contributed by atoms with van der Waals surface area (Å²) < 4.78 is 66.0. The number of rotatable bonds is 7. The number of nitrogens with one attached hydrogen (secondary N) is 1. The second-order valence-electron chi connectivity index (χ2n) is 17.5. The van der Waals surface area contributed by atoms with Gasteiger partial charge in [0.25, 0.3) is 10.0 Å². The molecule has 1 aromatic rings. The van der Waals surface area contributed by atoms with Crippen LogP contribution in [-0.2, 0) is 43.2 Å². The molecule has 14 atom stereocenters. The third-order valence-electron chi connectivity index (χ3n) is 12.9. The van der Waals surface area contributed by atoms with Crippen LogP contribution >= 0.6 is 0 Å². The summed E-state index contributed by atoms with van der Waals surface area (Å²) in [6, 6.07) is 7.16. The average Bonchev–Trinajstić information content (AvgIpc) is 3.32. The minimum Gasteiger partial charge on any atom is -0.458 e. The number of amides is 1. The molecule has 6 rings (SSSR count). The van der Waals surface area contributed by atoms with Gasteiger partial charge in [0.2, 0.25) is 0 Å². The molecule has 0 unspecified atom stereocenters. The normalized spacial score (nSPS) is 41.1. The Balaban J connectivity index is 1.48. The monoisotopic (exact) mass is 833 g/mol. The highest BCUT2D eigenvalue weighted by Crippen LogP contribution is 2.45. The first-order valence-electron chi connectivity index (χ1n) is 20.6. The molecule has 324 valence electrons. The summed E-state index contributed by atoms with van der Waals surface area (Å²) in [5.41, 5.74) is -1.30. The fourth-order valence-corrected chi connectivity index (χ4v) is 10.9. The van der Waals surface area contributed by atoms with Crippen molar-refractivity contribution in [2.75, 3.05) is 40.4 Å². The zero-order valence-electron chi connectivity index (χ0n) is 35.5. The van der Waals surface area contributed by atoms with Gasteiger partial charge in [0.1, 0.15) is 12.2 Å². The summed E-state index contributed by atoms with van der Waals surface area (Å²) in [4.78, 5) is 39.1. The van der Waals surface area contributed by atoms with Crippen molar-refractivity contribution in [1.29, 1.82) is 0 Å². The molecule has 2 N–H and O–H groups in total. The minimum atomic E-state index is -4.05. The lowest BCUT2D eigenvalue weighted by Gasteiger charge is -2.48. The van der Waals surface area contributed by atoms with Crippen molar-refractivity contribution in [3.63, 3.8) is 0 Å². The van der Waals surface area contributed by atoms with Gasteiger partial charge in [0.15, 0.2) is 11.9 Å². The zero-order chi connectivity index (χ0) is 42.3. The molecule has 0 radical (unpaired) electrons. The number of carbonyl (C=O) groups excluding carboxylic acids is 2. The van der Waals surface area contributed by atoms with Crippen LogP contribution in [0.3, 0.4) is 0 Å². The zero-order valence-corrected chi connectivity index (χ0v) is 36.3. The Bertz CT molecular complexity index is 1820. The Morgan fingerprint density at radius 2 is 1.78 bits per heavy atom. The molecule has 4 saturated heterocycles. The fourth-order valence-electron chi connectivity index (χ4n) is 10.0. The maximum absolute atomic E-state index is 14.5. The smallest absolute Gasteiger partial charge is 0.410 e. The van der Waals surface area contributed by atoms with Crippen LogP contribution < -0.4 is 4.83 Å². The van der Waals surface area contributed by atoms with Crippen molar-refractivity contribution in [3.8, 4) is 0 Å². The number of sulfonamides is 1. The van der Waals surface area contributed by atoms with Crippen LogP contribution in [0.15, 0.2) is 45.3 Å². The maximum Gasteiger partial charge on any atom is 0.410 e. The number of benzene rings is 1. The predicted molar refractivity (Wildman–Crippen MR) is 215 cm³/mol. The molecule has 0 spiro atoms. The Morgan fingerprint density at radius 1 is 1.07 bits per heavy atom. The number of hydrogen-bond acceptors (Lipinski definition) is 14. The quantitative estimate of drug-likeness (QED) is 0.301. The van der Waals surface area contributed by atoms with E-state index < -0.39 is 81.9 Å². The Kier molecular flexibility index (Phi) is 13.3. The highest BCUT2D eigenvalue weighted by atomic mass is 32.2. The van der Waals surface area contributed by atoms with Crippen LogP contribution in [0, 0.1) is 23.7 Å². The lowest BCUT2D eigenvalue weighted by molar-refractivity contribution is -0.302. The second-order valence-corrected chi connectivity index (χ2v) is 19.1. The Labute approximate surface area is 343 Å². The van der Waals surface area contributed by atoms with Crippen molar-refractivity contribution in [3.05, 3.63) is 30.3 Å². The number of likely N-dealkylation sites (N-methyl/N-ethyl adjacent to an activating group) is 1. The first-order chi connectivity index (χ1) is 27.3. The molecule has 5 aliphatic heterocycles. The van der Waals surface area contributed by atoms with E-state index >= 15 is 0 Å². The maximum atomic E-state index is 14.5. The molecule has 5 heterocycles.